The fourth-order valence-electron chi connectivity index (χ4n) is 1.31. The van der Waals surface area contributed by atoms with Crippen LogP contribution in [0.2, 0.25) is 5.02 Å². The first-order chi connectivity index (χ1) is 7.70. The minimum atomic E-state index is 0.167. The van der Waals surface area contributed by atoms with Crippen molar-refractivity contribution in [3.05, 3.63) is 47.2 Å². The van der Waals surface area contributed by atoms with Gasteiger partial charge in [-0.3, -0.25) is 0 Å². The molecule has 0 fully saturated rings. The van der Waals surface area contributed by atoms with Gasteiger partial charge in [-0.25, -0.2) is 0 Å². The average molecular weight is 236 g/mol. The molecular formula is C11H10ClN3O. The average Bonchev–Trinajstić information content (AvgIpc) is 2.78. The second kappa shape index (κ2) is 4.28. The first-order valence-corrected chi connectivity index (χ1v) is 4.98. The molecule has 2 rings (SSSR count). The standard InChI is InChI=1S/C11H10ClN3O/c12-8-3-1-7(2-4-8)9-5-6-10(16-9)11(13)15-14/h1-6H,14H2,(H2,13,15). The molecule has 0 aliphatic heterocycles. The molecule has 0 aliphatic rings. The van der Waals surface area contributed by atoms with Crippen LogP contribution in [0, 0.1) is 0 Å². The molecule has 0 amide bonds. The largest absolute Gasteiger partial charge is 0.453 e. The molecule has 4 nitrogen and oxygen atoms in total. The van der Waals surface area contributed by atoms with Crippen molar-refractivity contribution in [2.75, 3.05) is 0 Å². The highest BCUT2D eigenvalue weighted by atomic mass is 35.5. The summed E-state index contributed by atoms with van der Waals surface area (Å²) in [5.41, 5.74) is 6.44. The van der Waals surface area contributed by atoms with Crippen molar-refractivity contribution in [3.8, 4) is 11.3 Å². The Morgan fingerprint density at radius 3 is 2.44 bits per heavy atom. The highest BCUT2D eigenvalue weighted by Gasteiger charge is 2.07. The third kappa shape index (κ3) is 2.01. The predicted molar refractivity (Wildman–Crippen MR) is 64.1 cm³/mol. The smallest absolute Gasteiger partial charge is 0.186 e. The maximum absolute atomic E-state index is 5.79. The molecule has 4 N–H and O–H groups in total. The molecule has 2 aromatic rings. The van der Waals surface area contributed by atoms with Crippen LogP contribution >= 0.6 is 11.6 Å². The third-order valence-electron chi connectivity index (χ3n) is 2.13. The topological polar surface area (TPSA) is 77.5 Å². The highest BCUT2D eigenvalue weighted by Crippen LogP contribution is 2.23. The van der Waals surface area contributed by atoms with Crippen molar-refractivity contribution < 1.29 is 4.42 Å². The summed E-state index contributed by atoms with van der Waals surface area (Å²) in [6, 6.07) is 10.8. The summed E-state index contributed by atoms with van der Waals surface area (Å²) in [6.07, 6.45) is 0. The number of amidine groups is 1. The van der Waals surface area contributed by atoms with Gasteiger partial charge in [0.25, 0.3) is 0 Å². The number of rotatable bonds is 2. The zero-order valence-electron chi connectivity index (χ0n) is 8.35. The van der Waals surface area contributed by atoms with E-state index in [1.54, 1.807) is 24.3 Å². The Balaban J connectivity index is 2.35. The molecule has 1 aromatic carbocycles. The van der Waals surface area contributed by atoms with Gasteiger partial charge in [-0.2, -0.15) is 5.10 Å². The van der Waals surface area contributed by atoms with Crippen LogP contribution in [0.5, 0.6) is 0 Å². The normalized spacial score (nSPS) is 11.7. The highest BCUT2D eigenvalue weighted by molar-refractivity contribution is 6.30. The van der Waals surface area contributed by atoms with Crippen LogP contribution < -0.4 is 11.6 Å². The molecule has 1 aromatic heterocycles. The van der Waals surface area contributed by atoms with Crippen molar-refractivity contribution >= 4 is 17.4 Å². The Bertz CT molecular complexity index is 516. The van der Waals surface area contributed by atoms with Gasteiger partial charge >= 0.3 is 0 Å². The van der Waals surface area contributed by atoms with E-state index in [0.29, 0.717) is 16.5 Å². The van der Waals surface area contributed by atoms with Crippen molar-refractivity contribution in [1.29, 1.82) is 0 Å². The molecule has 0 saturated carbocycles. The molecule has 1 heterocycles. The first-order valence-electron chi connectivity index (χ1n) is 4.60. The summed E-state index contributed by atoms with van der Waals surface area (Å²) in [7, 11) is 0. The van der Waals surface area contributed by atoms with E-state index in [4.69, 9.17) is 27.6 Å². The molecule has 5 heteroatoms. The van der Waals surface area contributed by atoms with Gasteiger partial charge in [0, 0.05) is 10.6 Å². The first kappa shape index (κ1) is 10.6. The van der Waals surface area contributed by atoms with E-state index in [1.165, 1.54) is 0 Å². The van der Waals surface area contributed by atoms with Crippen molar-refractivity contribution in [2.45, 2.75) is 0 Å². The zero-order valence-corrected chi connectivity index (χ0v) is 9.11. The second-order valence-electron chi connectivity index (χ2n) is 3.19. The Morgan fingerprint density at radius 2 is 1.81 bits per heavy atom. The SMILES string of the molecule is NN=C(N)c1ccc(-c2ccc(Cl)cc2)o1. The summed E-state index contributed by atoms with van der Waals surface area (Å²) < 4.78 is 5.48. The Morgan fingerprint density at radius 1 is 1.12 bits per heavy atom. The summed E-state index contributed by atoms with van der Waals surface area (Å²) in [5.74, 6) is 6.37. The van der Waals surface area contributed by atoms with Gasteiger partial charge in [0.15, 0.2) is 11.6 Å². The van der Waals surface area contributed by atoms with E-state index >= 15 is 0 Å². The second-order valence-corrected chi connectivity index (χ2v) is 3.62. The molecule has 16 heavy (non-hydrogen) atoms. The van der Waals surface area contributed by atoms with Gasteiger partial charge in [0.1, 0.15) is 5.76 Å². The summed E-state index contributed by atoms with van der Waals surface area (Å²) in [5, 5.41) is 4.04. The van der Waals surface area contributed by atoms with Crippen LogP contribution in [-0.2, 0) is 0 Å². The van der Waals surface area contributed by atoms with Crippen molar-refractivity contribution in [2.24, 2.45) is 16.7 Å². The van der Waals surface area contributed by atoms with Crippen molar-refractivity contribution in [1.82, 2.24) is 0 Å². The number of halogens is 1. The molecule has 0 spiro atoms. The molecular weight excluding hydrogens is 226 g/mol. The number of hydrazone groups is 1. The maximum Gasteiger partial charge on any atom is 0.186 e. The summed E-state index contributed by atoms with van der Waals surface area (Å²) in [4.78, 5) is 0. The van der Waals surface area contributed by atoms with Crippen LogP contribution in [0.3, 0.4) is 0 Å². The summed E-state index contributed by atoms with van der Waals surface area (Å²) >= 11 is 5.79. The van der Waals surface area contributed by atoms with E-state index in [0.717, 1.165) is 5.56 Å². The van der Waals surface area contributed by atoms with E-state index < -0.39 is 0 Å². The van der Waals surface area contributed by atoms with Crippen LogP contribution in [0.1, 0.15) is 5.76 Å². The van der Waals surface area contributed by atoms with Gasteiger partial charge in [0.05, 0.1) is 0 Å². The Hall–Kier alpha value is -1.94. The van der Waals surface area contributed by atoms with Crippen LogP contribution in [0.4, 0.5) is 0 Å². The molecule has 0 saturated heterocycles. The van der Waals surface area contributed by atoms with Gasteiger partial charge < -0.3 is 16.0 Å². The number of furan rings is 1. The van der Waals surface area contributed by atoms with E-state index in [2.05, 4.69) is 5.10 Å². The lowest BCUT2D eigenvalue weighted by molar-refractivity contribution is 0.571. The Kier molecular flexibility index (Phi) is 2.83. The Labute approximate surface area is 97.5 Å². The monoisotopic (exact) mass is 235 g/mol. The lowest BCUT2D eigenvalue weighted by Gasteiger charge is -1.97. The fraction of sp³-hybridized carbons (Fsp3) is 0. The quantitative estimate of drug-likeness (QED) is 0.362. The minimum Gasteiger partial charge on any atom is -0.453 e. The number of nitrogens with two attached hydrogens (primary N) is 2. The number of benzene rings is 1. The minimum absolute atomic E-state index is 0.167. The van der Waals surface area contributed by atoms with Gasteiger partial charge in [0.2, 0.25) is 0 Å². The number of hydrogen-bond donors (Lipinski definition) is 2. The maximum atomic E-state index is 5.79. The van der Waals surface area contributed by atoms with Crippen LogP contribution in [0.25, 0.3) is 11.3 Å². The number of nitrogens with zero attached hydrogens (tertiary/aromatic N) is 1. The lowest BCUT2D eigenvalue weighted by Crippen LogP contribution is -2.14. The molecule has 0 aliphatic carbocycles. The molecule has 82 valence electrons. The van der Waals surface area contributed by atoms with Gasteiger partial charge in [-0.05, 0) is 36.4 Å². The fourth-order valence-corrected chi connectivity index (χ4v) is 1.43. The zero-order chi connectivity index (χ0) is 11.5. The van der Waals surface area contributed by atoms with E-state index in [9.17, 15) is 0 Å². The molecule has 0 unspecified atom stereocenters. The van der Waals surface area contributed by atoms with Gasteiger partial charge in [-0.15, -0.1) is 0 Å². The molecule has 0 bridgehead atoms. The van der Waals surface area contributed by atoms with Crippen LogP contribution in [-0.4, -0.2) is 5.84 Å². The van der Waals surface area contributed by atoms with Gasteiger partial charge in [-0.1, -0.05) is 11.6 Å². The van der Waals surface area contributed by atoms with Crippen molar-refractivity contribution in [3.63, 3.8) is 0 Å². The molecule has 0 atom stereocenters. The van der Waals surface area contributed by atoms with Crippen LogP contribution in [0.15, 0.2) is 45.9 Å². The summed E-state index contributed by atoms with van der Waals surface area (Å²) in [6.45, 7) is 0. The lowest BCUT2D eigenvalue weighted by atomic mass is 10.2. The third-order valence-corrected chi connectivity index (χ3v) is 2.38. The predicted octanol–water partition coefficient (Wildman–Crippen LogP) is 2.18. The van der Waals surface area contributed by atoms with E-state index in [-0.39, 0.29) is 5.84 Å². The number of hydrogen-bond acceptors (Lipinski definition) is 3. The van der Waals surface area contributed by atoms with E-state index in [1.807, 2.05) is 12.1 Å². The molecule has 0 radical (unpaired) electrons.